The summed E-state index contributed by atoms with van der Waals surface area (Å²) in [5.41, 5.74) is -0.632. The third-order valence-electron chi connectivity index (χ3n) is 6.00. The summed E-state index contributed by atoms with van der Waals surface area (Å²) in [6.07, 6.45) is -5.61. The number of amides is 2. The number of piperazine rings is 1. The van der Waals surface area contributed by atoms with Crippen molar-refractivity contribution in [3.8, 4) is 0 Å². The van der Waals surface area contributed by atoms with Gasteiger partial charge in [0.1, 0.15) is 4.83 Å². The van der Waals surface area contributed by atoms with E-state index in [9.17, 15) is 32.3 Å². The number of alkyl halides is 3. The Morgan fingerprint density at radius 2 is 1.86 bits per heavy atom. The molecule has 0 spiro atoms. The number of hydrogen-bond donors (Lipinski definition) is 1. The highest BCUT2D eigenvalue weighted by Crippen LogP contribution is 2.30. The fourth-order valence-electron chi connectivity index (χ4n) is 4.12. The van der Waals surface area contributed by atoms with Crippen LogP contribution in [0.2, 0.25) is 5.02 Å². The predicted octanol–water partition coefficient (Wildman–Crippen LogP) is 2.95. The van der Waals surface area contributed by atoms with Crippen molar-refractivity contribution >= 4 is 45.0 Å². The van der Waals surface area contributed by atoms with Crippen molar-refractivity contribution in [1.29, 1.82) is 0 Å². The number of fused-ring (bicyclic) bond motifs is 1. The number of halogens is 4. The summed E-state index contributed by atoms with van der Waals surface area (Å²) in [6.45, 7) is 1.06. The first-order chi connectivity index (χ1) is 17.0. The van der Waals surface area contributed by atoms with E-state index in [2.05, 4.69) is 5.32 Å². The van der Waals surface area contributed by atoms with Gasteiger partial charge in [-0.3, -0.25) is 23.5 Å². The van der Waals surface area contributed by atoms with Crippen molar-refractivity contribution in [2.24, 2.45) is 0 Å². The quantitative estimate of drug-likeness (QED) is 0.518. The van der Waals surface area contributed by atoms with E-state index in [0.717, 1.165) is 20.5 Å². The van der Waals surface area contributed by atoms with Crippen LogP contribution in [0.4, 0.5) is 13.2 Å². The Kier molecular flexibility index (Phi) is 7.28. The molecule has 36 heavy (non-hydrogen) atoms. The number of carbonyl (C=O) groups is 2. The minimum Gasteiger partial charge on any atom is -0.353 e. The van der Waals surface area contributed by atoms with E-state index in [-0.39, 0.29) is 59.2 Å². The maximum atomic E-state index is 13.4. The van der Waals surface area contributed by atoms with Gasteiger partial charge in [0.25, 0.3) is 11.5 Å². The van der Waals surface area contributed by atoms with Gasteiger partial charge in [-0.05, 0) is 30.5 Å². The Hall–Kier alpha value is -3.12. The van der Waals surface area contributed by atoms with Crippen molar-refractivity contribution in [3.63, 3.8) is 0 Å². The number of carbonyl (C=O) groups excluding carboxylic acids is 2. The molecule has 1 fully saturated rings. The van der Waals surface area contributed by atoms with E-state index in [1.807, 2.05) is 0 Å². The zero-order valence-corrected chi connectivity index (χ0v) is 20.7. The Morgan fingerprint density at radius 3 is 2.53 bits per heavy atom. The number of benzene rings is 1. The van der Waals surface area contributed by atoms with Gasteiger partial charge < -0.3 is 10.2 Å². The summed E-state index contributed by atoms with van der Waals surface area (Å²) in [5, 5.41) is 3.07. The highest BCUT2D eigenvalue weighted by molar-refractivity contribution is 7.20. The molecule has 0 atom stereocenters. The first-order valence-corrected chi connectivity index (χ1v) is 12.3. The van der Waals surface area contributed by atoms with Crippen LogP contribution in [-0.4, -0.2) is 51.7 Å². The molecule has 4 rings (SSSR count). The molecule has 1 N–H and O–H groups in total. The van der Waals surface area contributed by atoms with E-state index in [1.54, 1.807) is 24.3 Å². The number of aromatic nitrogens is 2. The second-order valence-electron chi connectivity index (χ2n) is 8.41. The molecular formula is C23H22ClF3N4O4S. The van der Waals surface area contributed by atoms with E-state index in [0.29, 0.717) is 10.6 Å². The van der Waals surface area contributed by atoms with Crippen LogP contribution in [0.5, 0.6) is 0 Å². The minimum absolute atomic E-state index is 0.00514. The van der Waals surface area contributed by atoms with Crippen molar-refractivity contribution in [2.45, 2.75) is 39.0 Å². The number of thiophene rings is 1. The van der Waals surface area contributed by atoms with E-state index >= 15 is 0 Å². The molecule has 0 unspecified atom stereocenters. The van der Waals surface area contributed by atoms with Gasteiger partial charge in [-0.25, -0.2) is 4.79 Å². The van der Waals surface area contributed by atoms with Crippen LogP contribution in [0.3, 0.4) is 0 Å². The van der Waals surface area contributed by atoms with Gasteiger partial charge in [0, 0.05) is 31.2 Å². The number of nitrogens with one attached hydrogen (secondary N) is 1. The Morgan fingerprint density at radius 1 is 1.14 bits per heavy atom. The first kappa shape index (κ1) is 26.0. The third kappa shape index (κ3) is 5.19. The zero-order chi connectivity index (χ0) is 26.2. The smallest absolute Gasteiger partial charge is 0.353 e. The molecule has 3 aromatic rings. The number of aryl methyl sites for hydroxylation is 3. The van der Waals surface area contributed by atoms with Gasteiger partial charge in [0.2, 0.25) is 5.91 Å². The molecule has 1 aliphatic heterocycles. The lowest BCUT2D eigenvalue weighted by Crippen LogP contribution is -2.49. The fourth-order valence-corrected chi connectivity index (χ4v) is 5.64. The fraction of sp³-hybridized carbons (Fsp3) is 0.391. The highest BCUT2D eigenvalue weighted by Gasteiger charge is 2.31. The topological polar surface area (TPSA) is 93.4 Å². The lowest BCUT2D eigenvalue weighted by molar-refractivity contribution is -0.136. The van der Waals surface area contributed by atoms with Gasteiger partial charge in [-0.2, -0.15) is 13.2 Å². The normalized spacial score (nSPS) is 14.4. The summed E-state index contributed by atoms with van der Waals surface area (Å²) < 4.78 is 41.0. The van der Waals surface area contributed by atoms with Gasteiger partial charge >= 0.3 is 11.9 Å². The molecule has 8 nitrogen and oxygen atoms in total. The van der Waals surface area contributed by atoms with Crippen LogP contribution in [-0.2, 0) is 24.3 Å². The molecular weight excluding hydrogens is 521 g/mol. The molecule has 13 heteroatoms. The van der Waals surface area contributed by atoms with Crippen LogP contribution < -0.4 is 16.6 Å². The van der Waals surface area contributed by atoms with Crippen molar-refractivity contribution < 1.29 is 22.8 Å². The van der Waals surface area contributed by atoms with Crippen LogP contribution in [0, 0.1) is 6.92 Å². The summed E-state index contributed by atoms with van der Waals surface area (Å²) in [4.78, 5) is 53.0. The van der Waals surface area contributed by atoms with Gasteiger partial charge in [-0.1, -0.05) is 29.8 Å². The average Bonchev–Trinajstić information content (AvgIpc) is 3.15. The SMILES string of the molecule is Cc1c(C(=O)N2CCNC(=O)C2)sc2c1c(=O)n(CCc1ccccc1Cl)c(=O)n2CCC(F)(F)F. The predicted molar refractivity (Wildman–Crippen MR) is 130 cm³/mol. The summed E-state index contributed by atoms with van der Waals surface area (Å²) in [7, 11) is 0. The van der Waals surface area contributed by atoms with Crippen LogP contribution in [0.25, 0.3) is 10.2 Å². The molecule has 1 aromatic carbocycles. The first-order valence-electron chi connectivity index (χ1n) is 11.1. The zero-order valence-electron chi connectivity index (χ0n) is 19.2. The maximum Gasteiger partial charge on any atom is 0.390 e. The molecule has 3 heterocycles. The summed E-state index contributed by atoms with van der Waals surface area (Å²) in [6, 6.07) is 6.87. The van der Waals surface area contributed by atoms with E-state index < -0.39 is 36.3 Å². The molecule has 2 amide bonds. The van der Waals surface area contributed by atoms with Crippen molar-refractivity contribution in [1.82, 2.24) is 19.4 Å². The lowest BCUT2D eigenvalue weighted by Gasteiger charge is -2.26. The largest absolute Gasteiger partial charge is 0.390 e. The molecule has 192 valence electrons. The van der Waals surface area contributed by atoms with Crippen LogP contribution in [0.1, 0.15) is 27.2 Å². The second-order valence-corrected chi connectivity index (χ2v) is 9.82. The van der Waals surface area contributed by atoms with E-state index in [4.69, 9.17) is 11.6 Å². The molecule has 0 aliphatic carbocycles. The van der Waals surface area contributed by atoms with Crippen LogP contribution in [0.15, 0.2) is 33.9 Å². The second kappa shape index (κ2) is 10.1. The molecule has 0 radical (unpaired) electrons. The van der Waals surface area contributed by atoms with Gasteiger partial charge in [0.15, 0.2) is 0 Å². The third-order valence-corrected chi connectivity index (χ3v) is 7.67. The Bertz CT molecular complexity index is 1460. The monoisotopic (exact) mass is 542 g/mol. The van der Waals surface area contributed by atoms with E-state index in [1.165, 1.54) is 11.8 Å². The number of nitrogens with zero attached hydrogens (tertiary/aromatic N) is 3. The molecule has 2 aromatic heterocycles. The minimum atomic E-state index is -4.53. The average molecular weight is 543 g/mol. The highest BCUT2D eigenvalue weighted by atomic mass is 35.5. The van der Waals surface area contributed by atoms with Gasteiger partial charge in [0.05, 0.1) is 23.2 Å². The molecule has 1 aliphatic rings. The van der Waals surface area contributed by atoms with Crippen molar-refractivity contribution in [3.05, 3.63) is 66.1 Å². The molecule has 0 saturated carbocycles. The van der Waals surface area contributed by atoms with Crippen molar-refractivity contribution in [2.75, 3.05) is 19.6 Å². The molecule has 0 bridgehead atoms. The van der Waals surface area contributed by atoms with Gasteiger partial charge in [-0.15, -0.1) is 11.3 Å². The molecule has 1 saturated heterocycles. The Labute approximate surface area is 211 Å². The Balaban J connectivity index is 1.83. The number of hydrogen-bond acceptors (Lipinski definition) is 5. The lowest BCUT2D eigenvalue weighted by atomic mass is 10.1. The summed E-state index contributed by atoms with van der Waals surface area (Å²) >= 11 is 6.98. The summed E-state index contributed by atoms with van der Waals surface area (Å²) in [5.74, 6) is -0.849. The number of rotatable bonds is 6. The van der Waals surface area contributed by atoms with Crippen LogP contribution >= 0.6 is 22.9 Å². The standard InChI is InChI=1S/C23H22ClF3N4O4S/c1-13-17-19(33)30(9-6-14-4-2-3-5-15(14)24)22(35)31(10-7-23(25,26)27)21(17)36-18(13)20(34)29-11-8-28-16(32)12-29/h2-5H,6-12H2,1H3,(H,28,32). The maximum absolute atomic E-state index is 13.4.